The minimum absolute atomic E-state index is 0.0140. The van der Waals surface area contributed by atoms with E-state index >= 15 is 0 Å². The van der Waals surface area contributed by atoms with Gasteiger partial charge in [0.1, 0.15) is 5.78 Å². The summed E-state index contributed by atoms with van der Waals surface area (Å²) in [6, 6.07) is 10.1. The van der Waals surface area contributed by atoms with Gasteiger partial charge in [0.2, 0.25) is 0 Å². The molecule has 0 spiro atoms. The highest BCUT2D eigenvalue weighted by Gasteiger charge is 2.68. The summed E-state index contributed by atoms with van der Waals surface area (Å²) in [5, 5.41) is 0.744. The van der Waals surface area contributed by atoms with E-state index in [9.17, 15) is 9.59 Å². The standard InChI is InChI=1S/C21H26N2O3S/c1-3-4-10-21-17-11-15(24)12-18(21)23(14-8-6-5-7-9-14)20(27)22(21)13-16(17)19(25)26-2/h5-9,16-18H,3-4,10-13H2,1-2H3/t16-,17-,18-,21+/m1/s1. The van der Waals surface area contributed by atoms with Crippen molar-refractivity contribution in [2.75, 3.05) is 18.6 Å². The van der Waals surface area contributed by atoms with Gasteiger partial charge in [-0.15, -0.1) is 0 Å². The number of carbonyl (C=O) groups excluding carboxylic acids is 2. The Balaban J connectivity index is 1.82. The number of rotatable bonds is 5. The third-order valence-electron chi connectivity index (χ3n) is 6.67. The van der Waals surface area contributed by atoms with Crippen LogP contribution in [0.1, 0.15) is 39.0 Å². The molecule has 0 unspecified atom stereocenters. The highest BCUT2D eigenvalue weighted by atomic mass is 32.1. The van der Waals surface area contributed by atoms with Gasteiger partial charge in [0.25, 0.3) is 0 Å². The number of anilines is 1. The summed E-state index contributed by atoms with van der Waals surface area (Å²) < 4.78 is 5.09. The van der Waals surface area contributed by atoms with Crippen molar-refractivity contribution in [1.29, 1.82) is 0 Å². The normalized spacial score (nSPS) is 32.0. The van der Waals surface area contributed by atoms with Gasteiger partial charge in [0.15, 0.2) is 5.11 Å². The van der Waals surface area contributed by atoms with Crippen LogP contribution in [0.15, 0.2) is 30.3 Å². The summed E-state index contributed by atoms with van der Waals surface area (Å²) in [6.07, 6.45) is 4.01. The largest absolute Gasteiger partial charge is 0.469 e. The summed E-state index contributed by atoms with van der Waals surface area (Å²) in [5.41, 5.74) is 0.774. The van der Waals surface area contributed by atoms with E-state index in [4.69, 9.17) is 17.0 Å². The zero-order valence-corrected chi connectivity index (χ0v) is 16.7. The smallest absolute Gasteiger partial charge is 0.310 e. The van der Waals surface area contributed by atoms with Crippen molar-refractivity contribution in [3.05, 3.63) is 30.3 Å². The molecule has 2 saturated heterocycles. The Morgan fingerprint density at radius 3 is 2.70 bits per heavy atom. The lowest BCUT2D eigenvalue weighted by Crippen LogP contribution is -2.57. The number of nitrogens with zero attached hydrogens (tertiary/aromatic N) is 2. The quantitative estimate of drug-likeness (QED) is 0.572. The maximum absolute atomic E-state index is 12.7. The van der Waals surface area contributed by atoms with Crippen LogP contribution in [0.5, 0.6) is 0 Å². The van der Waals surface area contributed by atoms with E-state index in [2.05, 4.69) is 16.7 Å². The first-order valence-electron chi connectivity index (χ1n) is 9.80. The minimum Gasteiger partial charge on any atom is -0.469 e. The topological polar surface area (TPSA) is 49.9 Å². The summed E-state index contributed by atoms with van der Waals surface area (Å²) in [4.78, 5) is 29.6. The van der Waals surface area contributed by atoms with Crippen LogP contribution < -0.4 is 4.90 Å². The fourth-order valence-corrected chi connectivity index (χ4v) is 6.04. The van der Waals surface area contributed by atoms with Crippen LogP contribution in [-0.2, 0) is 14.3 Å². The Bertz CT molecular complexity index is 768. The van der Waals surface area contributed by atoms with Crippen LogP contribution in [0, 0.1) is 11.8 Å². The fraction of sp³-hybridized carbons (Fsp3) is 0.571. The molecule has 144 valence electrons. The van der Waals surface area contributed by atoms with Gasteiger partial charge in [-0.25, -0.2) is 0 Å². The Morgan fingerprint density at radius 1 is 1.30 bits per heavy atom. The molecule has 0 bridgehead atoms. The van der Waals surface area contributed by atoms with Crippen molar-refractivity contribution in [1.82, 2.24) is 4.90 Å². The van der Waals surface area contributed by atoms with Crippen LogP contribution in [0.4, 0.5) is 5.69 Å². The minimum atomic E-state index is -0.283. The Morgan fingerprint density at radius 2 is 2.04 bits per heavy atom. The van der Waals surface area contributed by atoms with Gasteiger partial charge < -0.3 is 14.5 Å². The van der Waals surface area contributed by atoms with Crippen molar-refractivity contribution in [2.45, 2.75) is 50.6 Å². The third kappa shape index (κ3) is 2.60. The number of methoxy groups -OCH3 is 1. The molecular weight excluding hydrogens is 360 g/mol. The molecule has 4 atom stereocenters. The number of hydrogen-bond donors (Lipinski definition) is 0. The Kier molecular flexibility index (Phi) is 4.70. The molecule has 1 aliphatic carbocycles. The van der Waals surface area contributed by atoms with E-state index in [1.54, 1.807) is 0 Å². The van der Waals surface area contributed by atoms with Crippen molar-refractivity contribution in [3.8, 4) is 0 Å². The second-order valence-electron chi connectivity index (χ2n) is 7.89. The summed E-state index contributed by atoms with van der Waals surface area (Å²) in [7, 11) is 1.43. The molecule has 0 radical (unpaired) electrons. The Labute approximate surface area is 165 Å². The Hall–Kier alpha value is -1.95. The van der Waals surface area contributed by atoms with E-state index in [0.717, 1.165) is 30.1 Å². The zero-order chi connectivity index (χ0) is 19.2. The maximum atomic E-state index is 12.7. The number of ketones is 1. The molecular formula is C21H26N2O3S. The number of para-hydroxylation sites is 1. The molecule has 4 rings (SSSR count). The van der Waals surface area contributed by atoms with Gasteiger partial charge in [-0.3, -0.25) is 9.59 Å². The number of esters is 1. The van der Waals surface area contributed by atoms with Crippen molar-refractivity contribution >= 4 is 34.8 Å². The molecule has 6 heteroatoms. The summed E-state index contributed by atoms with van der Waals surface area (Å²) >= 11 is 5.91. The molecule has 2 heterocycles. The number of unbranched alkanes of at least 4 members (excludes halogenated alkanes) is 1. The van der Waals surface area contributed by atoms with E-state index in [1.165, 1.54) is 7.11 Å². The van der Waals surface area contributed by atoms with Crippen molar-refractivity contribution in [2.24, 2.45) is 11.8 Å². The number of thiocarbonyl (C=S) groups is 1. The van der Waals surface area contributed by atoms with Crippen LogP contribution in [0.3, 0.4) is 0 Å². The molecule has 5 nitrogen and oxygen atoms in total. The molecule has 1 aromatic carbocycles. The van der Waals surface area contributed by atoms with Crippen LogP contribution in [-0.4, -0.2) is 47.0 Å². The monoisotopic (exact) mass is 386 g/mol. The van der Waals surface area contributed by atoms with E-state index < -0.39 is 0 Å². The first kappa shape index (κ1) is 18.4. The van der Waals surface area contributed by atoms with Crippen LogP contribution in [0.25, 0.3) is 0 Å². The number of hydrogen-bond acceptors (Lipinski definition) is 4. The van der Waals surface area contributed by atoms with E-state index in [0.29, 0.717) is 19.4 Å². The lowest BCUT2D eigenvalue weighted by atomic mass is 9.65. The van der Waals surface area contributed by atoms with Gasteiger partial charge in [0.05, 0.1) is 24.6 Å². The third-order valence-corrected chi connectivity index (χ3v) is 7.09. The van der Waals surface area contributed by atoms with Crippen molar-refractivity contribution < 1.29 is 14.3 Å². The highest BCUT2D eigenvalue weighted by Crippen LogP contribution is 2.56. The summed E-state index contributed by atoms with van der Waals surface area (Å²) in [5.74, 6) is -0.310. The zero-order valence-electron chi connectivity index (χ0n) is 15.9. The summed E-state index contributed by atoms with van der Waals surface area (Å²) in [6.45, 7) is 2.73. The van der Waals surface area contributed by atoms with E-state index in [-0.39, 0.29) is 35.2 Å². The maximum Gasteiger partial charge on any atom is 0.310 e. The van der Waals surface area contributed by atoms with Crippen molar-refractivity contribution in [3.63, 3.8) is 0 Å². The molecule has 27 heavy (non-hydrogen) atoms. The molecule has 3 aliphatic rings. The van der Waals surface area contributed by atoms with Gasteiger partial charge in [0, 0.05) is 31.0 Å². The van der Waals surface area contributed by atoms with Gasteiger partial charge in [-0.05, 0) is 30.8 Å². The average molecular weight is 387 g/mol. The molecule has 0 aromatic heterocycles. The molecule has 0 amide bonds. The second-order valence-corrected chi connectivity index (χ2v) is 8.26. The SMILES string of the molecule is CCCC[C@]12[C@@H]3CC(=O)C[C@H]1N(c1ccccc1)C(=S)N2C[C@H]3C(=O)OC. The first-order chi connectivity index (χ1) is 13.0. The average Bonchev–Trinajstić information content (AvgIpc) is 3.13. The predicted octanol–water partition coefficient (Wildman–Crippen LogP) is 3.17. The predicted molar refractivity (Wildman–Crippen MR) is 108 cm³/mol. The van der Waals surface area contributed by atoms with Crippen LogP contribution in [0.2, 0.25) is 0 Å². The lowest BCUT2D eigenvalue weighted by molar-refractivity contribution is -0.147. The second kappa shape index (κ2) is 6.89. The lowest BCUT2D eigenvalue weighted by Gasteiger charge is -2.45. The molecule has 3 fully saturated rings. The number of ether oxygens (including phenoxy) is 1. The van der Waals surface area contributed by atoms with Gasteiger partial charge in [-0.1, -0.05) is 38.0 Å². The van der Waals surface area contributed by atoms with Gasteiger partial charge in [-0.2, -0.15) is 0 Å². The number of benzene rings is 1. The van der Waals surface area contributed by atoms with Crippen LogP contribution >= 0.6 is 12.2 Å². The highest BCUT2D eigenvalue weighted by molar-refractivity contribution is 7.80. The van der Waals surface area contributed by atoms with Gasteiger partial charge >= 0.3 is 5.97 Å². The number of Topliss-reactive ketones (excluding diaryl/α,β-unsaturated/α-hetero) is 1. The number of carbonyl (C=O) groups is 2. The molecule has 2 aliphatic heterocycles. The molecule has 1 saturated carbocycles. The molecule has 1 aromatic rings. The first-order valence-corrected chi connectivity index (χ1v) is 10.2. The molecule has 0 N–H and O–H groups in total. The van der Waals surface area contributed by atoms with E-state index in [1.807, 2.05) is 30.3 Å². The fourth-order valence-electron chi connectivity index (χ4n) is 5.56.